The summed E-state index contributed by atoms with van der Waals surface area (Å²) in [6, 6.07) is 8.03. The summed E-state index contributed by atoms with van der Waals surface area (Å²) in [5.74, 6) is 1.93. The van der Waals surface area contributed by atoms with Gasteiger partial charge in [-0.2, -0.15) is 5.26 Å². The third kappa shape index (κ3) is 3.30. The first-order valence-electron chi connectivity index (χ1n) is 7.17. The Labute approximate surface area is 121 Å². The van der Waals surface area contributed by atoms with Crippen molar-refractivity contribution >= 4 is 0 Å². The highest BCUT2D eigenvalue weighted by atomic mass is 16.5. The molecule has 1 fully saturated rings. The molecule has 108 valence electrons. The minimum atomic E-state index is 0.581. The van der Waals surface area contributed by atoms with Crippen LogP contribution in [-0.4, -0.2) is 31.6 Å². The van der Waals surface area contributed by atoms with Gasteiger partial charge in [-0.05, 0) is 49.0 Å². The Bertz CT molecular complexity index is 495. The van der Waals surface area contributed by atoms with Gasteiger partial charge < -0.3 is 10.5 Å². The minimum Gasteiger partial charge on any atom is -0.495 e. The van der Waals surface area contributed by atoms with Crippen LogP contribution in [0.3, 0.4) is 0 Å². The monoisotopic (exact) mass is 273 g/mol. The van der Waals surface area contributed by atoms with E-state index in [2.05, 4.69) is 17.9 Å². The molecule has 2 atom stereocenters. The first kappa shape index (κ1) is 14.8. The molecular formula is C16H23N3O. The molecule has 1 heterocycles. The zero-order valence-corrected chi connectivity index (χ0v) is 12.3. The molecule has 20 heavy (non-hydrogen) atoms. The molecule has 0 saturated carbocycles. The molecule has 4 heteroatoms. The smallest absolute Gasteiger partial charge is 0.136 e. The van der Waals surface area contributed by atoms with Crippen LogP contribution >= 0.6 is 0 Å². The van der Waals surface area contributed by atoms with Crippen LogP contribution in [0.1, 0.15) is 24.5 Å². The van der Waals surface area contributed by atoms with Crippen LogP contribution in [0.4, 0.5) is 0 Å². The zero-order chi connectivity index (χ0) is 14.5. The molecule has 0 aromatic heterocycles. The highest BCUT2D eigenvalue weighted by Gasteiger charge is 2.25. The highest BCUT2D eigenvalue weighted by molar-refractivity contribution is 5.45. The number of hydrogen-bond donors (Lipinski definition) is 1. The van der Waals surface area contributed by atoms with Crippen LogP contribution in [0.5, 0.6) is 5.75 Å². The number of piperidine rings is 1. The fourth-order valence-corrected chi connectivity index (χ4v) is 2.87. The quantitative estimate of drug-likeness (QED) is 0.911. The van der Waals surface area contributed by atoms with Crippen molar-refractivity contribution in [2.45, 2.75) is 19.9 Å². The summed E-state index contributed by atoms with van der Waals surface area (Å²) in [5, 5.41) is 9.13. The maximum Gasteiger partial charge on any atom is 0.136 e. The predicted molar refractivity (Wildman–Crippen MR) is 79.3 cm³/mol. The number of nitriles is 1. The van der Waals surface area contributed by atoms with Crippen molar-refractivity contribution in [3.05, 3.63) is 29.3 Å². The lowest BCUT2D eigenvalue weighted by atomic mass is 9.87. The number of ether oxygens (including phenoxy) is 1. The van der Waals surface area contributed by atoms with Gasteiger partial charge in [-0.3, -0.25) is 4.90 Å². The van der Waals surface area contributed by atoms with Gasteiger partial charge in [0, 0.05) is 13.1 Å². The van der Waals surface area contributed by atoms with Crippen LogP contribution in [0, 0.1) is 23.2 Å². The van der Waals surface area contributed by atoms with Gasteiger partial charge in [0.1, 0.15) is 11.8 Å². The van der Waals surface area contributed by atoms with Crippen molar-refractivity contribution in [3.8, 4) is 11.8 Å². The molecule has 1 aliphatic rings. The lowest BCUT2D eigenvalue weighted by Gasteiger charge is -2.36. The number of hydrogen-bond acceptors (Lipinski definition) is 4. The molecular weight excluding hydrogens is 250 g/mol. The molecule has 2 N–H and O–H groups in total. The maximum absolute atomic E-state index is 9.13. The van der Waals surface area contributed by atoms with Crippen molar-refractivity contribution in [1.29, 1.82) is 5.26 Å². The Balaban J connectivity index is 2.05. The normalized spacial score (nSPS) is 23.3. The lowest BCUT2D eigenvalue weighted by molar-refractivity contribution is 0.126. The molecule has 0 bridgehead atoms. The molecule has 1 aliphatic heterocycles. The largest absolute Gasteiger partial charge is 0.495 e. The zero-order valence-electron chi connectivity index (χ0n) is 12.3. The van der Waals surface area contributed by atoms with E-state index in [1.165, 1.54) is 6.42 Å². The summed E-state index contributed by atoms with van der Waals surface area (Å²) in [7, 11) is 1.59. The first-order valence-corrected chi connectivity index (χ1v) is 7.17. The number of likely N-dealkylation sites (tertiary alicyclic amines) is 1. The second-order valence-corrected chi connectivity index (χ2v) is 5.64. The fraction of sp³-hybridized carbons (Fsp3) is 0.562. The van der Waals surface area contributed by atoms with Crippen LogP contribution in [0.25, 0.3) is 0 Å². The summed E-state index contributed by atoms with van der Waals surface area (Å²) in [6.07, 6.45) is 1.20. The fourth-order valence-electron chi connectivity index (χ4n) is 2.87. The van der Waals surface area contributed by atoms with E-state index >= 15 is 0 Å². The van der Waals surface area contributed by atoms with E-state index in [1.807, 2.05) is 18.2 Å². The average Bonchev–Trinajstić information content (AvgIpc) is 2.49. The maximum atomic E-state index is 9.13. The molecule has 2 rings (SSSR count). The number of nitrogens with two attached hydrogens (primary N) is 1. The van der Waals surface area contributed by atoms with Gasteiger partial charge in [0.2, 0.25) is 0 Å². The number of rotatable bonds is 4. The Morgan fingerprint density at radius 3 is 2.95 bits per heavy atom. The predicted octanol–water partition coefficient (Wildman–Crippen LogP) is 1.98. The van der Waals surface area contributed by atoms with Gasteiger partial charge in [-0.25, -0.2) is 0 Å². The number of methoxy groups -OCH3 is 1. The molecule has 0 radical (unpaired) electrons. The summed E-state index contributed by atoms with van der Waals surface area (Å²) in [5.41, 5.74) is 7.61. The highest BCUT2D eigenvalue weighted by Crippen LogP contribution is 2.25. The van der Waals surface area contributed by atoms with Crippen molar-refractivity contribution in [1.82, 2.24) is 4.90 Å². The Morgan fingerprint density at radius 2 is 2.30 bits per heavy atom. The van der Waals surface area contributed by atoms with Gasteiger partial charge in [-0.1, -0.05) is 13.0 Å². The van der Waals surface area contributed by atoms with E-state index in [0.29, 0.717) is 23.1 Å². The first-order chi connectivity index (χ1) is 9.67. The molecule has 1 aromatic carbocycles. The van der Waals surface area contributed by atoms with Crippen molar-refractivity contribution in [2.24, 2.45) is 17.6 Å². The van der Waals surface area contributed by atoms with Gasteiger partial charge in [0.25, 0.3) is 0 Å². The molecule has 2 unspecified atom stereocenters. The third-order valence-electron chi connectivity index (χ3n) is 4.29. The van der Waals surface area contributed by atoms with Crippen molar-refractivity contribution in [3.63, 3.8) is 0 Å². The second kappa shape index (κ2) is 6.74. The van der Waals surface area contributed by atoms with E-state index in [-0.39, 0.29) is 0 Å². The average molecular weight is 273 g/mol. The molecule has 0 amide bonds. The van der Waals surface area contributed by atoms with E-state index in [1.54, 1.807) is 7.11 Å². The number of benzene rings is 1. The Morgan fingerprint density at radius 1 is 1.50 bits per heavy atom. The third-order valence-corrected chi connectivity index (χ3v) is 4.29. The Kier molecular flexibility index (Phi) is 4.99. The Hall–Kier alpha value is -1.57. The van der Waals surface area contributed by atoms with Crippen LogP contribution < -0.4 is 10.5 Å². The molecule has 1 aromatic rings. The molecule has 1 saturated heterocycles. The summed E-state index contributed by atoms with van der Waals surface area (Å²) < 4.78 is 5.18. The van der Waals surface area contributed by atoms with Crippen molar-refractivity contribution in [2.75, 3.05) is 26.7 Å². The molecule has 0 aliphatic carbocycles. The van der Waals surface area contributed by atoms with Crippen molar-refractivity contribution < 1.29 is 4.74 Å². The SMILES string of the molecule is COc1ccc(CN2CCC(C)C(CN)C2)cc1C#N. The van der Waals surface area contributed by atoms with E-state index in [0.717, 1.165) is 31.7 Å². The molecule has 0 spiro atoms. The van der Waals surface area contributed by atoms with E-state index < -0.39 is 0 Å². The van der Waals surface area contributed by atoms with Crippen LogP contribution in [0.2, 0.25) is 0 Å². The van der Waals surface area contributed by atoms with Gasteiger partial charge in [-0.15, -0.1) is 0 Å². The van der Waals surface area contributed by atoms with E-state index in [4.69, 9.17) is 15.7 Å². The van der Waals surface area contributed by atoms with Crippen LogP contribution in [-0.2, 0) is 6.54 Å². The van der Waals surface area contributed by atoms with Gasteiger partial charge in [0.05, 0.1) is 12.7 Å². The summed E-state index contributed by atoms with van der Waals surface area (Å²) >= 11 is 0. The van der Waals surface area contributed by atoms with Gasteiger partial charge in [0.15, 0.2) is 0 Å². The summed E-state index contributed by atoms with van der Waals surface area (Å²) in [6.45, 7) is 6.07. The molecule has 4 nitrogen and oxygen atoms in total. The summed E-state index contributed by atoms with van der Waals surface area (Å²) in [4.78, 5) is 2.43. The van der Waals surface area contributed by atoms with E-state index in [9.17, 15) is 0 Å². The lowest BCUT2D eigenvalue weighted by Crippen LogP contribution is -2.42. The van der Waals surface area contributed by atoms with Crippen LogP contribution in [0.15, 0.2) is 18.2 Å². The van der Waals surface area contributed by atoms with Gasteiger partial charge >= 0.3 is 0 Å². The standard InChI is InChI=1S/C16H23N3O/c1-12-5-6-19(11-15(12)9-18)10-13-3-4-16(20-2)14(7-13)8-17/h3-4,7,12,15H,5-6,9-11,18H2,1-2H3. The number of nitrogens with zero attached hydrogens (tertiary/aromatic N) is 2. The topological polar surface area (TPSA) is 62.3 Å². The minimum absolute atomic E-state index is 0.581. The second-order valence-electron chi connectivity index (χ2n) is 5.64.